The van der Waals surface area contributed by atoms with Gasteiger partial charge in [0, 0.05) is 13.1 Å². The highest BCUT2D eigenvalue weighted by atomic mass is 16.5. The summed E-state index contributed by atoms with van der Waals surface area (Å²) in [6.07, 6.45) is -0.623. The van der Waals surface area contributed by atoms with Crippen molar-refractivity contribution in [1.82, 2.24) is 5.32 Å². The van der Waals surface area contributed by atoms with Gasteiger partial charge in [0.2, 0.25) is 0 Å². The van der Waals surface area contributed by atoms with Gasteiger partial charge in [0.05, 0.1) is 18.2 Å². The molecule has 0 heterocycles. The first kappa shape index (κ1) is 13.8. The third-order valence-corrected chi connectivity index (χ3v) is 2.29. The largest absolute Gasteiger partial charge is 0.490 e. The molecule has 0 saturated heterocycles. The zero-order valence-electron chi connectivity index (χ0n) is 10.7. The van der Waals surface area contributed by atoms with Crippen LogP contribution in [-0.4, -0.2) is 25.7 Å². The lowest BCUT2D eigenvalue weighted by atomic mass is 10.2. The Morgan fingerprint density at radius 2 is 2.22 bits per heavy atom. The van der Waals surface area contributed by atoms with Gasteiger partial charge in [-0.05, 0) is 26.0 Å². The molecule has 1 unspecified atom stereocenters. The molecule has 1 aromatic carbocycles. The minimum atomic E-state index is -0.623. The number of hydrogen-bond acceptors (Lipinski definition) is 4. The van der Waals surface area contributed by atoms with Crippen molar-refractivity contribution in [3.8, 4) is 17.6 Å². The van der Waals surface area contributed by atoms with Crippen LogP contribution in [0.15, 0.2) is 18.2 Å². The molecule has 5 heteroatoms. The molecule has 1 N–H and O–H groups in total. The Morgan fingerprint density at radius 3 is 2.78 bits per heavy atom. The van der Waals surface area contributed by atoms with E-state index in [1.54, 1.807) is 32.2 Å². The van der Waals surface area contributed by atoms with Crippen LogP contribution < -0.4 is 14.8 Å². The molecule has 0 fully saturated rings. The summed E-state index contributed by atoms with van der Waals surface area (Å²) >= 11 is 0. The maximum Gasteiger partial charge on any atom is 0.260 e. The summed E-state index contributed by atoms with van der Waals surface area (Å²) in [7, 11) is 1.55. The molecule has 96 valence electrons. The van der Waals surface area contributed by atoms with E-state index in [9.17, 15) is 4.79 Å². The standard InChI is InChI=1S/C13H16N2O3/c1-4-17-12-7-10(8-14)5-6-11(12)18-9(2)13(16)15-3/h5-7,9H,4H2,1-3H3,(H,15,16). The number of nitrogens with one attached hydrogen (secondary N) is 1. The molecule has 1 atom stereocenters. The van der Waals surface area contributed by atoms with Crippen molar-refractivity contribution in [2.24, 2.45) is 0 Å². The summed E-state index contributed by atoms with van der Waals surface area (Å²) in [5.41, 5.74) is 0.485. The maximum absolute atomic E-state index is 11.4. The van der Waals surface area contributed by atoms with E-state index in [-0.39, 0.29) is 5.91 Å². The number of ether oxygens (including phenoxy) is 2. The summed E-state index contributed by atoms with van der Waals surface area (Å²) in [6, 6.07) is 6.87. The van der Waals surface area contributed by atoms with Crippen molar-refractivity contribution in [2.45, 2.75) is 20.0 Å². The molecule has 0 spiro atoms. The van der Waals surface area contributed by atoms with E-state index < -0.39 is 6.10 Å². The average molecular weight is 248 g/mol. The summed E-state index contributed by atoms with van der Waals surface area (Å²) in [5.74, 6) is 0.695. The minimum Gasteiger partial charge on any atom is -0.490 e. The molecule has 0 radical (unpaired) electrons. The molecule has 5 nitrogen and oxygen atoms in total. The molecule has 1 rings (SSSR count). The van der Waals surface area contributed by atoms with Crippen LogP contribution in [-0.2, 0) is 4.79 Å². The Morgan fingerprint density at radius 1 is 1.50 bits per heavy atom. The number of rotatable bonds is 5. The molecule has 0 aromatic heterocycles. The van der Waals surface area contributed by atoms with Gasteiger partial charge in [-0.15, -0.1) is 0 Å². The molecular formula is C13H16N2O3. The van der Waals surface area contributed by atoms with Crippen molar-refractivity contribution in [3.05, 3.63) is 23.8 Å². The zero-order chi connectivity index (χ0) is 13.5. The van der Waals surface area contributed by atoms with E-state index in [4.69, 9.17) is 14.7 Å². The Bertz CT molecular complexity index is 466. The Hall–Kier alpha value is -2.22. The molecular weight excluding hydrogens is 232 g/mol. The highest BCUT2D eigenvalue weighted by molar-refractivity contribution is 5.80. The first-order valence-corrected chi connectivity index (χ1v) is 5.67. The van der Waals surface area contributed by atoms with Crippen LogP contribution in [0.25, 0.3) is 0 Å². The van der Waals surface area contributed by atoms with E-state index in [2.05, 4.69) is 5.32 Å². The topological polar surface area (TPSA) is 71.3 Å². The number of likely N-dealkylation sites (N-methyl/N-ethyl adjacent to an activating group) is 1. The molecule has 0 aliphatic heterocycles. The van der Waals surface area contributed by atoms with Crippen LogP contribution in [0.1, 0.15) is 19.4 Å². The van der Waals surface area contributed by atoms with E-state index in [1.807, 2.05) is 13.0 Å². The monoisotopic (exact) mass is 248 g/mol. The number of carbonyl (C=O) groups excluding carboxylic acids is 1. The third-order valence-electron chi connectivity index (χ3n) is 2.29. The number of amides is 1. The summed E-state index contributed by atoms with van der Waals surface area (Å²) < 4.78 is 10.9. The first-order valence-electron chi connectivity index (χ1n) is 5.67. The second-order valence-electron chi connectivity index (χ2n) is 3.58. The van der Waals surface area contributed by atoms with Gasteiger partial charge < -0.3 is 14.8 Å². The van der Waals surface area contributed by atoms with Gasteiger partial charge in [-0.1, -0.05) is 0 Å². The minimum absolute atomic E-state index is 0.221. The number of nitrogens with zero attached hydrogens (tertiary/aromatic N) is 1. The molecule has 18 heavy (non-hydrogen) atoms. The molecule has 1 aromatic rings. The van der Waals surface area contributed by atoms with Crippen molar-refractivity contribution in [3.63, 3.8) is 0 Å². The van der Waals surface area contributed by atoms with E-state index >= 15 is 0 Å². The fraction of sp³-hybridized carbons (Fsp3) is 0.385. The molecule has 0 bridgehead atoms. The van der Waals surface area contributed by atoms with Crippen LogP contribution in [0.5, 0.6) is 11.5 Å². The first-order chi connectivity index (χ1) is 8.62. The van der Waals surface area contributed by atoms with Gasteiger partial charge in [-0.2, -0.15) is 5.26 Å². The maximum atomic E-state index is 11.4. The van der Waals surface area contributed by atoms with Crippen molar-refractivity contribution in [2.75, 3.05) is 13.7 Å². The van der Waals surface area contributed by atoms with Gasteiger partial charge in [0.15, 0.2) is 17.6 Å². The average Bonchev–Trinajstić information content (AvgIpc) is 2.39. The van der Waals surface area contributed by atoms with Crippen LogP contribution >= 0.6 is 0 Å². The Labute approximate surface area is 106 Å². The van der Waals surface area contributed by atoms with Gasteiger partial charge in [-0.3, -0.25) is 4.79 Å². The molecule has 1 amide bonds. The number of carbonyl (C=O) groups is 1. The van der Waals surface area contributed by atoms with Crippen molar-refractivity contribution >= 4 is 5.91 Å². The Balaban J connectivity index is 2.94. The SMILES string of the molecule is CCOc1cc(C#N)ccc1OC(C)C(=O)NC. The van der Waals surface area contributed by atoms with E-state index in [1.165, 1.54) is 0 Å². The fourth-order valence-corrected chi connectivity index (χ4v) is 1.39. The van der Waals surface area contributed by atoms with Crippen LogP contribution in [0.4, 0.5) is 0 Å². The predicted molar refractivity (Wildman–Crippen MR) is 66.5 cm³/mol. The zero-order valence-corrected chi connectivity index (χ0v) is 10.7. The number of hydrogen-bond donors (Lipinski definition) is 1. The normalized spacial score (nSPS) is 11.2. The summed E-state index contributed by atoms with van der Waals surface area (Å²) in [4.78, 5) is 11.4. The number of nitriles is 1. The van der Waals surface area contributed by atoms with Crippen LogP contribution in [0.2, 0.25) is 0 Å². The molecule has 0 aliphatic carbocycles. The second-order valence-corrected chi connectivity index (χ2v) is 3.58. The summed E-state index contributed by atoms with van der Waals surface area (Å²) in [6.45, 7) is 3.94. The Kier molecular flexibility index (Phi) is 5.00. The van der Waals surface area contributed by atoms with Gasteiger partial charge >= 0.3 is 0 Å². The molecule has 0 aliphatic rings. The fourth-order valence-electron chi connectivity index (χ4n) is 1.39. The van der Waals surface area contributed by atoms with E-state index in [0.29, 0.717) is 23.7 Å². The smallest absolute Gasteiger partial charge is 0.260 e. The lowest BCUT2D eigenvalue weighted by Crippen LogP contribution is -2.33. The van der Waals surface area contributed by atoms with Gasteiger partial charge in [-0.25, -0.2) is 0 Å². The third kappa shape index (κ3) is 3.39. The van der Waals surface area contributed by atoms with Gasteiger partial charge in [0.1, 0.15) is 0 Å². The van der Waals surface area contributed by atoms with Crippen molar-refractivity contribution in [1.29, 1.82) is 5.26 Å². The van der Waals surface area contributed by atoms with Crippen LogP contribution in [0.3, 0.4) is 0 Å². The second kappa shape index (κ2) is 6.50. The lowest BCUT2D eigenvalue weighted by molar-refractivity contribution is -0.126. The van der Waals surface area contributed by atoms with E-state index in [0.717, 1.165) is 0 Å². The summed E-state index contributed by atoms with van der Waals surface area (Å²) in [5, 5.41) is 11.3. The predicted octanol–water partition coefficient (Wildman–Crippen LogP) is 1.47. The van der Waals surface area contributed by atoms with Crippen molar-refractivity contribution < 1.29 is 14.3 Å². The van der Waals surface area contributed by atoms with Crippen LogP contribution in [0, 0.1) is 11.3 Å². The number of benzene rings is 1. The highest BCUT2D eigenvalue weighted by Gasteiger charge is 2.15. The highest BCUT2D eigenvalue weighted by Crippen LogP contribution is 2.29. The quantitative estimate of drug-likeness (QED) is 0.856. The lowest BCUT2D eigenvalue weighted by Gasteiger charge is -2.16. The van der Waals surface area contributed by atoms with Gasteiger partial charge in [0.25, 0.3) is 5.91 Å². The molecule has 0 saturated carbocycles.